The van der Waals surface area contributed by atoms with Crippen LogP contribution in [0.1, 0.15) is 41.0 Å². The molecule has 1 aliphatic rings. The number of nitrogens with zero attached hydrogens (tertiary/aromatic N) is 4. The van der Waals surface area contributed by atoms with Crippen molar-refractivity contribution in [3.05, 3.63) is 83.6 Å². The minimum Gasteiger partial charge on any atom is -0.357 e. The highest BCUT2D eigenvalue weighted by atomic mass is 19.4. The number of aromatic nitrogens is 3. The van der Waals surface area contributed by atoms with Crippen molar-refractivity contribution in [2.45, 2.75) is 25.4 Å². The van der Waals surface area contributed by atoms with Gasteiger partial charge in [-0.1, -0.05) is 24.3 Å². The summed E-state index contributed by atoms with van der Waals surface area (Å²) in [6.07, 6.45) is -0.274. The zero-order valence-electron chi connectivity index (χ0n) is 19.5. The summed E-state index contributed by atoms with van der Waals surface area (Å²) in [5, 5.41) is 15.5. The van der Waals surface area contributed by atoms with Gasteiger partial charge in [-0.2, -0.15) is 18.3 Å². The average Bonchev–Trinajstić information content (AvgIpc) is 3.35. The van der Waals surface area contributed by atoms with Crippen LogP contribution in [-0.4, -0.2) is 44.5 Å². The predicted molar refractivity (Wildman–Crippen MR) is 130 cm³/mol. The van der Waals surface area contributed by atoms with Gasteiger partial charge < -0.3 is 10.2 Å². The smallest absolute Gasteiger partial charge is 0.357 e. The topological polar surface area (TPSA) is 86.9 Å². The van der Waals surface area contributed by atoms with Gasteiger partial charge in [-0.15, -0.1) is 0 Å². The number of fused-ring (bicyclic) bond motifs is 1. The fraction of sp³-hybridized carbons (Fsp3) is 0.231. The summed E-state index contributed by atoms with van der Waals surface area (Å²) >= 11 is 0. The lowest BCUT2D eigenvalue weighted by molar-refractivity contribution is -0.141. The molecule has 1 aliphatic heterocycles. The van der Waals surface area contributed by atoms with Crippen LogP contribution in [0.4, 0.5) is 23.4 Å². The van der Waals surface area contributed by atoms with Crippen LogP contribution in [0.25, 0.3) is 16.5 Å². The Morgan fingerprint density at radius 3 is 2.32 bits per heavy atom. The summed E-state index contributed by atoms with van der Waals surface area (Å²) in [6, 6.07) is 12.9. The van der Waals surface area contributed by atoms with Crippen molar-refractivity contribution >= 4 is 28.3 Å². The van der Waals surface area contributed by atoms with E-state index in [9.17, 15) is 22.4 Å². The largest absolute Gasteiger partial charge is 0.435 e. The molecule has 0 bridgehead atoms. The first kappa shape index (κ1) is 24.4. The fourth-order valence-electron chi connectivity index (χ4n) is 4.32. The van der Waals surface area contributed by atoms with Gasteiger partial charge in [-0.25, -0.2) is 14.1 Å². The molecule has 1 fully saturated rings. The maximum absolute atomic E-state index is 14.9. The van der Waals surface area contributed by atoms with E-state index < -0.39 is 29.3 Å². The van der Waals surface area contributed by atoms with Gasteiger partial charge in [0.15, 0.2) is 5.69 Å². The molecule has 11 heteroatoms. The Morgan fingerprint density at radius 1 is 0.973 bits per heavy atom. The number of carbonyl (C=O) groups excluding carboxylic acids is 1. The lowest BCUT2D eigenvalue weighted by atomic mass is 10.1. The molecular weight excluding hydrogens is 488 g/mol. The quantitative estimate of drug-likeness (QED) is 0.211. The van der Waals surface area contributed by atoms with Gasteiger partial charge in [0.2, 0.25) is 0 Å². The summed E-state index contributed by atoms with van der Waals surface area (Å²) in [4.78, 5) is 19.1. The van der Waals surface area contributed by atoms with Gasteiger partial charge >= 0.3 is 6.18 Å². The van der Waals surface area contributed by atoms with E-state index >= 15 is 0 Å². The molecule has 5 rings (SSSR count). The minimum atomic E-state index is -4.84. The second kappa shape index (κ2) is 9.64. The number of rotatable bonds is 4. The minimum absolute atomic E-state index is 0.0699. The number of hydrogen-bond donors (Lipinski definition) is 2. The molecule has 7 nitrogen and oxygen atoms in total. The first-order chi connectivity index (χ1) is 17.7. The number of amidine groups is 1. The second-order valence-corrected chi connectivity index (χ2v) is 8.76. The molecule has 0 radical (unpaired) electrons. The van der Waals surface area contributed by atoms with Gasteiger partial charge in [0.1, 0.15) is 28.9 Å². The Labute approximate surface area is 209 Å². The summed E-state index contributed by atoms with van der Waals surface area (Å²) < 4.78 is 56.0. The number of amides is 1. The van der Waals surface area contributed by atoms with Crippen LogP contribution < -0.4 is 5.32 Å². The lowest BCUT2D eigenvalue weighted by Crippen LogP contribution is -2.35. The molecule has 190 valence electrons. The maximum Gasteiger partial charge on any atom is 0.435 e. The van der Waals surface area contributed by atoms with E-state index in [-0.39, 0.29) is 11.5 Å². The van der Waals surface area contributed by atoms with Crippen molar-refractivity contribution < 1.29 is 22.4 Å². The fourth-order valence-corrected chi connectivity index (χ4v) is 4.32. The third-order valence-electron chi connectivity index (χ3n) is 6.23. The molecule has 1 amide bonds. The van der Waals surface area contributed by atoms with Gasteiger partial charge in [0.25, 0.3) is 5.91 Å². The SMILES string of the molecule is N=C(c1ccc(NC(=O)c2cc(C(F)(F)F)nn2-c2cc3ccccc3cc2F)nc1)N1CCCCC1. The summed E-state index contributed by atoms with van der Waals surface area (Å²) in [5.41, 5.74) is -1.57. The number of piperidine rings is 1. The van der Waals surface area contributed by atoms with E-state index in [1.807, 2.05) is 4.90 Å². The summed E-state index contributed by atoms with van der Waals surface area (Å²) in [6.45, 7) is 1.57. The number of hydrogen-bond acceptors (Lipinski definition) is 4. The zero-order valence-corrected chi connectivity index (χ0v) is 19.5. The monoisotopic (exact) mass is 510 g/mol. The summed E-state index contributed by atoms with van der Waals surface area (Å²) in [7, 11) is 0. The molecule has 3 heterocycles. The molecule has 0 unspecified atom stereocenters. The normalized spacial score (nSPS) is 14.1. The van der Waals surface area contributed by atoms with Crippen molar-refractivity contribution in [2.75, 3.05) is 18.4 Å². The van der Waals surface area contributed by atoms with Crippen LogP contribution in [-0.2, 0) is 6.18 Å². The van der Waals surface area contributed by atoms with E-state index in [0.717, 1.165) is 32.4 Å². The highest BCUT2D eigenvalue weighted by Gasteiger charge is 2.36. The van der Waals surface area contributed by atoms with E-state index in [4.69, 9.17) is 5.41 Å². The van der Waals surface area contributed by atoms with Crippen LogP contribution >= 0.6 is 0 Å². The second-order valence-electron chi connectivity index (χ2n) is 8.76. The van der Waals surface area contributed by atoms with Crippen LogP contribution in [0.15, 0.2) is 60.8 Å². The lowest BCUT2D eigenvalue weighted by Gasteiger charge is -2.28. The van der Waals surface area contributed by atoms with Crippen LogP contribution in [0, 0.1) is 11.2 Å². The molecule has 4 aromatic rings. The van der Waals surface area contributed by atoms with Gasteiger partial charge in [-0.3, -0.25) is 10.2 Å². The molecule has 1 saturated heterocycles. The van der Waals surface area contributed by atoms with Crippen molar-refractivity contribution in [3.63, 3.8) is 0 Å². The molecule has 0 aliphatic carbocycles. The number of carbonyl (C=O) groups is 1. The number of nitrogens with one attached hydrogen (secondary N) is 2. The molecule has 2 N–H and O–H groups in total. The molecule has 2 aromatic carbocycles. The van der Waals surface area contributed by atoms with Crippen molar-refractivity contribution in [1.82, 2.24) is 19.7 Å². The van der Waals surface area contributed by atoms with Crippen molar-refractivity contribution in [2.24, 2.45) is 0 Å². The highest BCUT2D eigenvalue weighted by molar-refractivity contribution is 6.03. The predicted octanol–water partition coefficient (Wildman–Crippen LogP) is 5.64. The molecular formula is C26H22F4N6O. The van der Waals surface area contributed by atoms with Gasteiger partial charge in [0.05, 0.1) is 0 Å². The average molecular weight is 510 g/mol. The number of halogens is 4. The number of pyridine rings is 1. The first-order valence-corrected chi connectivity index (χ1v) is 11.7. The van der Waals surface area contributed by atoms with Crippen LogP contribution in [0.2, 0.25) is 0 Å². The number of likely N-dealkylation sites (tertiary alicyclic amines) is 1. The zero-order chi connectivity index (χ0) is 26.2. The molecule has 0 atom stereocenters. The Balaban J connectivity index is 1.44. The number of benzene rings is 2. The molecule has 0 saturated carbocycles. The summed E-state index contributed by atoms with van der Waals surface area (Å²) in [5.74, 6) is -1.38. The van der Waals surface area contributed by atoms with Gasteiger partial charge in [-0.05, 0) is 54.3 Å². The first-order valence-electron chi connectivity index (χ1n) is 11.7. The third-order valence-corrected chi connectivity index (χ3v) is 6.23. The third kappa shape index (κ3) is 5.02. The standard InChI is InChI=1S/C26H22F4N6O/c27-19-12-16-6-2-3-7-17(16)13-20(19)36-21(14-22(34-36)26(28,29)30)25(37)33-23-9-8-18(15-32-23)24(31)35-10-4-1-5-11-35/h2-3,6-9,12-15,31H,1,4-5,10-11H2,(H,32,33,37). The molecule has 0 spiro atoms. The van der Waals surface area contributed by atoms with E-state index in [1.165, 1.54) is 24.4 Å². The number of alkyl halides is 3. The molecule has 37 heavy (non-hydrogen) atoms. The maximum atomic E-state index is 14.9. The number of anilines is 1. The van der Waals surface area contributed by atoms with Crippen molar-refractivity contribution in [3.8, 4) is 5.69 Å². The Hall–Kier alpha value is -4.28. The Kier molecular flexibility index (Phi) is 6.36. The molecule has 2 aromatic heterocycles. The van der Waals surface area contributed by atoms with Gasteiger partial charge in [0, 0.05) is 30.9 Å². The Bertz CT molecular complexity index is 1470. The Morgan fingerprint density at radius 2 is 1.68 bits per heavy atom. The highest BCUT2D eigenvalue weighted by Crippen LogP contribution is 2.31. The van der Waals surface area contributed by atoms with Crippen molar-refractivity contribution in [1.29, 1.82) is 5.41 Å². The van der Waals surface area contributed by atoms with Crippen LogP contribution in [0.5, 0.6) is 0 Å². The van der Waals surface area contributed by atoms with E-state index in [0.29, 0.717) is 32.9 Å². The van der Waals surface area contributed by atoms with E-state index in [1.54, 1.807) is 30.3 Å². The van der Waals surface area contributed by atoms with E-state index in [2.05, 4.69) is 15.4 Å². The van der Waals surface area contributed by atoms with Crippen LogP contribution in [0.3, 0.4) is 0 Å².